The zero-order valence-corrected chi connectivity index (χ0v) is 18.8. The molecule has 1 fully saturated rings. The summed E-state index contributed by atoms with van der Waals surface area (Å²) in [6, 6.07) is 13.5. The monoisotopic (exact) mass is 445 g/mol. The number of benzene rings is 2. The van der Waals surface area contributed by atoms with E-state index in [0.717, 1.165) is 5.56 Å². The minimum Gasteiger partial charge on any atom is -0.445 e. The van der Waals surface area contributed by atoms with Crippen LogP contribution in [-0.2, 0) is 20.7 Å². The fourth-order valence-electron chi connectivity index (χ4n) is 2.96. The third-order valence-corrected chi connectivity index (χ3v) is 5.84. The van der Waals surface area contributed by atoms with Gasteiger partial charge in [-0.1, -0.05) is 54.1 Å². The zero-order chi connectivity index (χ0) is 22.6. The molecular weight excluding hydrogens is 420 g/mol. The van der Waals surface area contributed by atoms with Crippen molar-refractivity contribution < 1.29 is 23.2 Å². The number of nitrogens with one attached hydrogen (secondary N) is 1. The normalized spacial score (nSPS) is 17.5. The van der Waals surface area contributed by atoms with Gasteiger partial charge in [0.2, 0.25) is 0 Å². The minimum atomic E-state index is -0.708. The molecule has 2 aromatic carbocycles. The van der Waals surface area contributed by atoms with Crippen molar-refractivity contribution in [1.82, 2.24) is 5.32 Å². The van der Waals surface area contributed by atoms with E-state index in [9.17, 15) is 9.18 Å². The third kappa shape index (κ3) is 5.88. The Kier molecular flexibility index (Phi) is 7.09. The third-order valence-electron chi connectivity index (χ3n) is 5.51. The summed E-state index contributed by atoms with van der Waals surface area (Å²) in [7, 11) is -0.708. The highest BCUT2D eigenvalue weighted by molar-refractivity contribution is 6.56. The van der Waals surface area contributed by atoms with E-state index in [1.165, 1.54) is 12.1 Å². The Bertz CT molecular complexity index is 949. The molecule has 2 aromatic rings. The van der Waals surface area contributed by atoms with Gasteiger partial charge in [-0.2, -0.15) is 0 Å². The Morgan fingerprint density at radius 3 is 2.39 bits per heavy atom. The van der Waals surface area contributed by atoms with Crippen molar-refractivity contribution in [1.29, 1.82) is 0 Å². The van der Waals surface area contributed by atoms with Crippen LogP contribution in [0.25, 0.3) is 6.08 Å². The van der Waals surface area contributed by atoms with Crippen LogP contribution >= 0.6 is 11.6 Å². The molecule has 1 aliphatic heterocycles. The second-order valence-corrected chi connectivity index (χ2v) is 8.80. The maximum atomic E-state index is 13.4. The van der Waals surface area contributed by atoms with Crippen molar-refractivity contribution in [3.8, 4) is 0 Å². The average Bonchev–Trinajstić information content (AvgIpc) is 2.93. The number of carbonyl (C=O) groups is 1. The quantitative estimate of drug-likeness (QED) is 0.603. The van der Waals surface area contributed by atoms with Crippen LogP contribution in [-0.4, -0.2) is 31.0 Å². The van der Waals surface area contributed by atoms with Gasteiger partial charge in [-0.25, -0.2) is 9.18 Å². The number of hydrogen-bond acceptors (Lipinski definition) is 4. The maximum Gasteiger partial charge on any atom is 0.492 e. The van der Waals surface area contributed by atoms with E-state index in [1.54, 1.807) is 12.1 Å². The van der Waals surface area contributed by atoms with Crippen LogP contribution in [0.4, 0.5) is 9.18 Å². The number of halogens is 2. The molecule has 0 spiro atoms. The Morgan fingerprint density at radius 2 is 1.77 bits per heavy atom. The zero-order valence-electron chi connectivity index (χ0n) is 18.1. The molecule has 5 nitrogen and oxygen atoms in total. The van der Waals surface area contributed by atoms with Crippen LogP contribution in [0, 0.1) is 5.82 Å². The molecule has 1 N–H and O–H groups in total. The summed E-state index contributed by atoms with van der Waals surface area (Å²) in [6.07, 6.45) is 1.16. The fraction of sp³-hybridized carbons (Fsp3) is 0.348. The van der Waals surface area contributed by atoms with E-state index < -0.39 is 30.2 Å². The maximum absolute atomic E-state index is 13.4. The van der Waals surface area contributed by atoms with Crippen molar-refractivity contribution in [2.24, 2.45) is 0 Å². The predicted octanol–water partition coefficient (Wildman–Crippen LogP) is 5.42. The number of carbonyl (C=O) groups excluding carboxylic acids is 1. The van der Waals surface area contributed by atoms with E-state index in [1.807, 2.05) is 58.0 Å². The van der Waals surface area contributed by atoms with Gasteiger partial charge in [-0.15, -0.1) is 0 Å². The second kappa shape index (κ2) is 9.43. The highest BCUT2D eigenvalue weighted by Crippen LogP contribution is 2.39. The molecule has 0 radical (unpaired) electrons. The lowest BCUT2D eigenvalue weighted by atomic mass is 9.77. The highest BCUT2D eigenvalue weighted by atomic mass is 35.5. The van der Waals surface area contributed by atoms with Crippen molar-refractivity contribution >= 4 is 30.9 Å². The smallest absolute Gasteiger partial charge is 0.445 e. The summed E-state index contributed by atoms with van der Waals surface area (Å²) in [6.45, 7) is 8.03. The first-order valence-corrected chi connectivity index (χ1v) is 10.4. The topological polar surface area (TPSA) is 56.8 Å². The van der Waals surface area contributed by atoms with Gasteiger partial charge in [0, 0.05) is 6.54 Å². The average molecular weight is 446 g/mol. The molecule has 1 aliphatic rings. The van der Waals surface area contributed by atoms with Crippen molar-refractivity contribution in [3.05, 3.63) is 76.0 Å². The Morgan fingerprint density at radius 1 is 1.13 bits per heavy atom. The van der Waals surface area contributed by atoms with Gasteiger partial charge in [-0.05, 0) is 56.4 Å². The molecule has 0 aromatic heterocycles. The number of hydrogen-bond donors (Lipinski definition) is 1. The number of rotatable bonds is 6. The van der Waals surface area contributed by atoms with Gasteiger partial charge in [0.25, 0.3) is 0 Å². The standard InChI is InChI=1S/C23H26BClFNO4/c1-22(2)23(3,4)31-24(30-22)18(12-17-10-11-19(26)13-20(17)25)14-27-21(28)29-15-16-8-6-5-7-9-16/h5-13H,14-15H2,1-4H3,(H,27,28). The summed E-state index contributed by atoms with van der Waals surface area (Å²) >= 11 is 6.19. The Balaban J connectivity index is 1.74. The molecule has 164 valence electrons. The highest BCUT2D eigenvalue weighted by Gasteiger charge is 2.52. The van der Waals surface area contributed by atoms with Crippen LogP contribution in [0.3, 0.4) is 0 Å². The van der Waals surface area contributed by atoms with E-state index >= 15 is 0 Å². The molecule has 0 saturated carbocycles. The Hall–Kier alpha value is -2.35. The second-order valence-electron chi connectivity index (χ2n) is 8.39. The van der Waals surface area contributed by atoms with Crippen LogP contribution in [0.2, 0.25) is 5.02 Å². The first-order chi connectivity index (χ1) is 14.6. The first kappa shape index (κ1) is 23.3. The molecule has 0 bridgehead atoms. The van der Waals surface area contributed by atoms with Crippen LogP contribution in [0.1, 0.15) is 38.8 Å². The lowest BCUT2D eigenvalue weighted by Gasteiger charge is -2.32. The largest absolute Gasteiger partial charge is 0.492 e. The summed E-state index contributed by atoms with van der Waals surface area (Å²) in [5.41, 5.74) is 0.988. The minimum absolute atomic E-state index is 0.109. The van der Waals surface area contributed by atoms with Gasteiger partial charge < -0.3 is 19.4 Å². The molecule has 0 unspecified atom stereocenters. The molecule has 1 heterocycles. The van der Waals surface area contributed by atoms with Crippen LogP contribution in [0.15, 0.2) is 54.0 Å². The van der Waals surface area contributed by atoms with Crippen LogP contribution < -0.4 is 5.32 Å². The number of alkyl carbamates (subject to hydrolysis) is 1. The lowest BCUT2D eigenvalue weighted by molar-refractivity contribution is 0.00578. The summed E-state index contributed by atoms with van der Waals surface area (Å²) in [5, 5.41) is 2.98. The molecule has 0 atom stereocenters. The molecule has 1 saturated heterocycles. The predicted molar refractivity (Wildman–Crippen MR) is 120 cm³/mol. The van der Waals surface area contributed by atoms with E-state index in [4.69, 9.17) is 25.6 Å². The van der Waals surface area contributed by atoms with E-state index in [2.05, 4.69) is 5.32 Å². The van der Waals surface area contributed by atoms with Gasteiger partial charge in [0.1, 0.15) is 12.4 Å². The number of ether oxygens (including phenoxy) is 1. The SMILES string of the molecule is CC1(C)OB(C(=Cc2ccc(F)cc2Cl)CNC(=O)OCc2ccccc2)OC1(C)C. The molecule has 8 heteroatoms. The van der Waals surface area contributed by atoms with Gasteiger partial charge in [0.15, 0.2) is 0 Å². The molecule has 3 rings (SSSR count). The fourth-order valence-corrected chi connectivity index (χ4v) is 3.19. The Labute approximate surface area is 187 Å². The molecule has 31 heavy (non-hydrogen) atoms. The molecule has 0 aliphatic carbocycles. The lowest BCUT2D eigenvalue weighted by Crippen LogP contribution is -2.41. The van der Waals surface area contributed by atoms with E-state index in [0.29, 0.717) is 11.0 Å². The molecular formula is C23H26BClFNO4. The molecule has 1 amide bonds. The van der Waals surface area contributed by atoms with E-state index in [-0.39, 0.29) is 18.2 Å². The van der Waals surface area contributed by atoms with Crippen molar-refractivity contribution in [2.75, 3.05) is 6.54 Å². The van der Waals surface area contributed by atoms with Gasteiger partial charge in [0.05, 0.1) is 16.2 Å². The number of amides is 1. The van der Waals surface area contributed by atoms with Crippen LogP contribution in [0.5, 0.6) is 0 Å². The summed E-state index contributed by atoms with van der Waals surface area (Å²) in [5.74, 6) is -0.429. The van der Waals surface area contributed by atoms with Crippen molar-refractivity contribution in [2.45, 2.75) is 45.5 Å². The summed E-state index contributed by atoms with van der Waals surface area (Å²) in [4.78, 5) is 12.2. The first-order valence-electron chi connectivity index (χ1n) is 10.0. The van der Waals surface area contributed by atoms with Gasteiger partial charge >= 0.3 is 13.2 Å². The van der Waals surface area contributed by atoms with Gasteiger partial charge in [-0.3, -0.25) is 0 Å². The van der Waals surface area contributed by atoms with Crippen molar-refractivity contribution in [3.63, 3.8) is 0 Å². The summed E-state index contributed by atoms with van der Waals surface area (Å²) < 4.78 is 31.0.